The van der Waals surface area contributed by atoms with Crippen LogP contribution >= 0.6 is 0 Å². The van der Waals surface area contributed by atoms with Crippen molar-refractivity contribution in [2.45, 2.75) is 78.9 Å². The van der Waals surface area contributed by atoms with Crippen LogP contribution in [0.5, 0.6) is 0 Å². The molecule has 0 aromatic heterocycles. The molecule has 0 fully saturated rings. The predicted molar refractivity (Wildman–Crippen MR) is 160 cm³/mol. The molecule has 2 aromatic rings. The minimum Gasteiger partial charge on any atom is -0.389 e. The number of aliphatic hydroxyl groups is 1. The summed E-state index contributed by atoms with van der Waals surface area (Å²) in [5.74, 6) is -2.21. The number of aliphatic hydroxyl groups excluding tert-OH is 1. The smallest absolute Gasteiger partial charge is 0.253 e. The molecule has 0 aliphatic heterocycles. The number of hydrazine groups is 1. The van der Waals surface area contributed by atoms with Crippen LogP contribution in [0.3, 0.4) is 0 Å². The van der Waals surface area contributed by atoms with Crippen molar-refractivity contribution in [1.82, 2.24) is 20.7 Å². The van der Waals surface area contributed by atoms with E-state index in [4.69, 9.17) is 0 Å². The second kappa shape index (κ2) is 16.9. The van der Waals surface area contributed by atoms with Crippen LogP contribution in [0.1, 0.15) is 85.2 Å². The summed E-state index contributed by atoms with van der Waals surface area (Å²) in [6, 6.07) is 6.89. The van der Waals surface area contributed by atoms with Crippen molar-refractivity contribution in [1.29, 1.82) is 0 Å². The first-order valence-electron chi connectivity index (χ1n) is 14.7. The van der Waals surface area contributed by atoms with Crippen molar-refractivity contribution in [3.8, 4) is 0 Å². The van der Waals surface area contributed by atoms with Gasteiger partial charge in [-0.2, -0.15) is 0 Å². The molecule has 0 spiro atoms. The van der Waals surface area contributed by atoms with Gasteiger partial charge in [0.15, 0.2) is 0 Å². The van der Waals surface area contributed by atoms with Crippen molar-refractivity contribution in [2.24, 2.45) is 5.92 Å². The van der Waals surface area contributed by atoms with Gasteiger partial charge < -0.3 is 15.3 Å². The Hall–Kier alpha value is -3.37. The topological polar surface area (TPSA) is 102 Å². The van der Waals surface area contributed by atoms with Gasteiger partial charge in [-0.1, -0.05) is 27.7 Å². The Morgan fingerprint density at radius 3 is 2.07 bits per heavy atom. The fourth-order valence-corrected chi connectivity index (χ4v) is 4.77. The lowest BCUT2D eigenvalue weighted by atomic mass is 9.99. The molecule has 0 radical (unpaired) electrons. The Kier molecular flexibility index (Phi) is 14.0. The molecule has 0 bridgehead atoms. The average Bonchev–Trinajstić information content (AvgIpc) is 2.92. The second-order valence-corrected chi connectivity index (χ2v) is 11.2. The maximum absolute atomic E-state index is 14.0. The van der Waals surface area contributed by atoms with Gasteiger partial charge in [0.2, 0.25) is 5.91 Å². The Balaban J connectivity index is 2.36. The lowest BCUT2D eigenvalue weighted by Gasteiger charge is -2.30. The van der Waals surface area contributed by atoms with Crippen LogP contribution in [0.15, 0.2) is 36.4 Å². The number of hydrogen-bond acceptors (Lipinski definition) is 5. The molecule has 3 N–H and O–H groups in total. The molecule has 8 nitrogen and oxygen atoms in total. The van der Waals surface area contributed by atoms with Crippen LogP contribution in [0.4, 0.5) is 8.78 Å². The third kappa shape index (κ3) is 10.8. The minimum absolute atomic E-state index is 0.0995. The number of nitrogens with zero attached hydrogens (tertiary/aromatic N) is 2. The molecule has 2 unspecified atom stereocenters. The lowest BCUT2D eigenvalue weighted by Crippen LogP contribution is -2.53. The lowest BCUT2D eigenvalue weighted by molar-refractivity contribution is -0.136. The summed E-state index contributed by atoms with van der Waals surface area (Å²) in [5, 5.41) is 15.3. The first-order chi connectivity index (χ1) is 19.9. The maximum atomic E-state index is 14.0. The molecule has 2 aromatic carbocycles. The van der Waals surface area contributed by atoms with Crippen molar-refractivity contribution < 1.29 is 28.3 Å². The summed E-state index contributed by atoms with van der Waals surface area (Å²) in [4.78, 5) is 41.2. The number of carbonyl (C=O) groups is 3. The van der Waals surface area contributed by atoms with Gasteiger partial charge in [-0.15, -0.1) is 0 Å². The van der Waals surface area contributed by atoms with E-state index in [0.717, 1.165) is 31.0 Å². The van der Waals surface area contributed by atoms with Gasteiger partial charge in [0.25, 0.3) is 11.8 Å². The maximum Gasteiger partial charge on any atom is 0.253 e. The summed E-state index contributed by atoms with van der Waals surface area (Å²) in [5.41, 5.74) is 4.32. The van der Waals surface area contributed by atoms with Gasteiger partial charge in [-0.25, -0.2) is 14.2 Å². The summed E-state index contributed by atoms with van der Waals surface area (Å²) >= 11 is 0. The summed E-state index contributed by atoms with van der Waals surface area (Å²) in [6.45, 7) is 10.8. The van der Waals surface area contributed by atoms with Crippen molar-refractivity contribution >= 4 is 17.7 Å². The van der Waals surface area contributed by atoms with Gasteiger partial charge >= 0.3 is 0 Å². The van der Waals surface area contributed by atoms with Crippen molar-refractivity contribution in [3.63, 3.8) is 0 Å². The summed E-state index contributed by atoms with van der Waals surface area (Å²) in [6.07, 6.45) is 1.15. The van der Waals surface area contributed by atoms with E-state index in [0.29, 0.717) is 36.6 Å². The second-order valence-electron chi connectivity index (χ2n) is 11.2. The Morgan fingerprint density at radius 1 is 0.929 bits per heavy atom. The van der Waals surface area contributed by atoms with Gasteiger partial charge in [-0.05, 0) is 80.0 Å². The highest BCUT2D eigenvalue weighted by Gasteiger charge is 2.27. The third-order valence-corrected chi connectivity index (χ3v) is 6.90. The molecule has 0 saturated carbocycles. The number of hydrogen-bond donors (Lipinski definition) is 3. The molecule has 10 heteroatoms. The Labute approximate surface area is 248 Å². The molecule has 0 aliphatic rings. The average molecular weight is 589 g/mol. The molecule has 232 valence electrons. The van der Waals surface area contributed by atoms with Crippen LogP contribution < -0.4 is 10.7 Å². The van der Waals surface area contributed by atoms with Gasteiger partial charge in [0.05, 0.1) is 18.7 Å². The number of halogens is 2. The molecule has 0 heterocycles. The van der Waals surface area contributed by atoms with E-state index < -0.39 is 29.7 Å². The van der Waals surface area contributed by atoms with Gasteiger partial charge in [0, 0.05) is 43.8 Å². The molecular formula is C32H46F2N4O4. The van der Waals surface area contributed by atoms with Crippen LogP contribution in [-0.2, 0) is 11.2 Å². The minimum atomic E-state index is -1.29. The number of rotatable bonds is 16. The zero-order valence-electron chi connectivity index (χ0n) is 25.7. The normalized spacial score (nSPS) is 12.6. The zero-order valence-corrected chi connectivity index (χ0v) is 25.7. The summed E-state index contributed by atoms with van der Waals surface area (Å²) in [7, 11) is 1.56. The van der Waals surface area contributed by atoms with E-state index in [9.17, 15) is 28.3 Å². The van der Waals surface area contributed by atoms with Crippen LogP contribution in [0.2, 0.25) is 0 Å². The third-order valence-electron chi connectivity index (χ3n) is 6.90. The molecule has 42 heavy (non-hydrogen) atoms. The molecule has 0 aliphatic carbocycles. The number of amides is 3. The standard InChI is InChI=1S/C32H46F2N4O4/c1-7-11-37(12-8-2)32(42)25-14-22(5)13-24(18-25)31(41)36-28(17-23-15-26(33)19-27(34)16-23)29(39)20-38(35-6)30(40)10-9-21(3)4/h13-16,18-19,21,28-29,35,39H,7-12,17,20H2,1-6H3,(H,36,41). The molecule has 3 amide bonds. The predicted octanol–water partition coefficient (Wildman–Crippen LogP) is 4.64. The van der Waals surface area contributed by atoms with E-state index in [1.54, 1.807) is 31.0 Å². The van der Waals surface area contributed by atoms with Gasteiger partial charge in [0.1, 0.15) is 11.6 Å². The van der Waals surface area contributed by atoms with Crippen LogP contribution in [-0.4, -0.2) is 71.6 Å². The van der Waals surface area contributed by atoms with Gasteiger partial charge in [-0.3, -0.25) is 19.4 Å². The Morgan fingerprint density at radius 2 is 1.52 bits per heavy atom. The number of benzene rings is 2. The monoisotopic (exact) mass is 588 g/mol. The fourth-order valence-electron chi connectivity index (χ4n) is 4.77. The zero-order chi connectivity index (χ0) is 31.4. The first kappa shape index (κ1) is 34.8. The van der Waals surface area contributed by atoms with E-state index in [-0.39, 0.29) is 42.3 Å². The van der Waals surface area contributed by atoms with Crippen LogP contribution in [0.25, 0.3) is 0 Å². The highest BCUT2D eigenvalue weighted by molar-refractivity contribution is 6.00. The number of carbonyl (C=O) groups excluding carboxylic acids is 3. The van der Waals surface area contributed by atoms with Crippen molar-refractivity contribution in [3.05, 3.63) is 70.3 Å². The van der Waals surface area contributed by atoms with E-state index in [2.05, 4.69) is 10.7 Å². The first-order valence-corrected chi connectivity index (χ1v) is 14.7. The largest absolute Gasteiger partial charge is 0.389 e. The summed E-state index contributed by atoms with van der Waals surface area (Å²) < 4.78 is 28.0. The quantitative estimate of drug-likeness (QED) is 0.248. The Bertz CT molecular complexity index is 1180. The van der Waals surface area contributed by atoms with E-state index in [1.165, 1.54) is 11.1 Å². The molecular weight excluding hydrogens is 542 g/mol. The SMILES string of the molecule is CCCN(CCC)C(=O)c1cc(C)cc(C(=O)NC(Cc2cc(F)cc(F)c2)C(O)CN(NC)C(=O)CCC(C)C)c1. The van der Waals surface area contributed by atoms with Crippen molar-refractivity contribution in [2.75, 3.05) is 26.7 Å². The highest BCUT2D eigenvalue weighted by Crippen LogP contribution is 2.17. The number of aryl methyl sites for hydroxylation is 1. The number of nitrogens with one attached hydrogen (secondary N) is 2. The highest BCUT2D eigenvalue weighted by atomic mass is 19.1. The van der Waals surface area contributed by atoms with E-state index in [1.807, 2.05) is 27.7 Å². The fraction of sp³-hybridized carbons (Fsp3) is 0.531. The van der Waals surface area contributed by atoms with E-state index >= 15 is 0 Å². The van der Waals surface area contributed by atoms with Crippen LogP contribution in [0, 0.1) is 24.5 Å². The molecule has 2 atom stereocenters. The molecule has 0 saturated heterocycles. The molecule has 2 rings (SSSR count).